The molecule has 5 heteroatoms. The van der Waals surface area contributed by atoms with Gasteiger partial charge in [0.1, 0.15) is 0 Å². The molecule has 0 atom stereocenters. The quantitative estimate of drug-likeness (QED) is 0.673. The van der Waals surface area contributed by atoms with Gasteiger partial charge in [0.2, 0.25) is 0 Å². The Kier molecular flexibility index (Phi) is 6.17. The van der Waals surface area contributed by atoms with Gasteiger partial charge in [-0.25, -0.2) is 0 Å². The molecule has 0 fully saturated rings. The first-order valence-corrected chi connectivity index (χ1v) is 9.22. The van der Waals surface area contributed by atoms with Crippen molar-refractivity contribution in [3.05, 3.63) is 95.3 Å². The summed E-state index contributed by atoms with van der Waals surface area (Å²) < 4.78 is 0. The summed E-state index contributed by atoms with van der Waals surface area (Å²) in [6.45, 7) is 4.58. The summed E-state index contributed by atoms with van der Waals surface area (Å²) in [6.07, 6.45) is 1.68. The molecule has 142 valence electrons. The average Bonchev–Trinajstić information content (AvgIpc) is 2.73. The van der Waals surface area contributed by atoms with Gasteiger partial charge in [-0.2, -0.15) is 0 Å². The fourth-order valence-electron chi connectivity index (χ4n) is 2.73. The lowest BCUT2D eigenvalue weighted by Crippen LogP contribution is -2.23. The number of carbonyl (C=O) groups excluding carboxylic acids is 2. The van der Waals surface area contributed by atoms with E-state index in [1.54, 1.807) is 30.5 Å². The summed E-state index contributed by atoms with van der Waals surface area (Å²) in [5.74, 6) is -0.0655. The second-order valence-electron chi connectivity index (χ2n) is 6.82. The van der Waals surface area contributed by atoms with Gasteiger partial charge in [-0.1, -0.05) is 38.1 Å². The first-order valence-electron chi connectivity index (χ1n) is 9.22. The second-order valence-corrected chi connectivity index (χ2v) is 6.82. The highest BCUT2D eigenvalue weighted by molar-refractivity contribution is 6.06. The Balaban J connectivity index is 1.64. The maximum atomic E-state index is 12.5. The topological polar surface area (TPSA) is 71.1 Å². The Bertz CT molecular complexity index is 951. The molecular weight excluding hydrogens is 350 g/mol. The molecule has 1 aromatic heterocycles. The summed E-state index contributed by atoms with van der Waals surface area (Å²) in [7, 11) is 0. The van der Waals surface area contributed by atoms with Crippen molar-refractivity contribution in [2.24, 2.45) is 0 Å². The Hall–Kier alpha value is -3.47. The zero-order valence-corrected chi connectivity index (χ0v) is 16.0. The van der Waals surface area contributed by atoms with E-state index in [0.717, 1.165) is 11.4 Å². The summed E-state index contributed by atoms with van der Waals surface area (Å²) >= 11 is 0. The highest BCUT2D eigenvalue weighted by Crippen LogP contribution is 2.18. The number of rotatable bonds is 6. The normalized spacial score (nSPS) is 10.5. The van der Waals surface area contributed by atoms with Crippen molar-refractivity contribution < 1.29 is 9.59 Å². The third kappa shape index (κ3) is 5.04. The van der Waals surface area contributed by atoms with E-state index in [0.29, 0.717) is 23.6 Å². The Morgan fingerprint density at radius 1 is 0.893 bits per heavy atom. The van der Waals surface area contributed by atoms with E-state index < -0.39 is 0 Å². The van der Waals surface area contributed by atoms with Crippen LogP contribution in [0, 0.1) is 0 Å². The number of amides is 2. The number of nitrogens with zero attached hydrogens (tertiary/aromatic N) is 1. The summed E-state index contributed by atoms with van der Waals surface area (Å²) in [4.78, 5) is 29.1. The first kappa shape index (κ1) is 19.3. The fraction of sp³-hybridized carbons (Fsp3) is 0.174. The average molecular weight is 373 g/mol. The second kappa shape index (κ2) is 8.95. The van der Waals surface area contributed by atoms with Gasteiger partial charge in [0, 0.05) is 23.0 Å². The number of hydrogen-bond acceptors (Lipinski definition) is 3. The number of pyridine rings is 1. The predicted octanol–water partition coefficient (Wildman–Crippen LogP) is 4.39. The van der Waals surface area contributed by atoms with Crippen LogP contribution in [-0.2, 0) is 6.54 Å². The van der Waals surface area contributed by atoms with Gasteiger partial charge in [0.25, 0.3) is 11.8 Å². The lowest BCUT2D eigenvalue weighted by Gasteiger charge is -2.09. The SMILES string of the molecule is CC(C)c1ccc(NC(=O)c2cccc(C(=O)NCc3ccccn3)c2)cc1. The van der Waals surface area contributed by atoms with Crippen molar-refractivity contribution in [2.75, 3.05) is 5.32 Å². The molecule has 2 aromatic carbocycles. The van der Waals surface area contributed by atoms with E-state index in [4.69, 9.17) is 0 Å². The smallest absolute Gasteiger partial charge is 0.255 e. The molecule has 2 amide bonds. The van der Waals surface area contributed by atoms with Crippen LogP contribution in [-0.4, -0.2) is 16.8 Å². The molecule has 0 aliphatic heterocycles. The number of anilines is 1. The van der Waals surface area contributed by atoms with Gasteiger partial charge in [0.05, 0.1) is 12.2 Å². The van der Waals surface area contributed by atoms with Crippen LogP contribution in [0.1, 0.15) is 51.7 Å². The van der Waals surface area contributed by atoms with Crippen LogP contribution in [0.4, 0.5) is 5.69 Å². The molecule has 0 unspecified atom stereocenters. The van der Waals surface area contributed by atoms with E-state index in [-0.39, 0.29) is 11.8 Å². The molecule has 2 N–H and O–H groups in total. The maximum absolute atomic E-state index is 12.5. The number of hydrogen-bond donors (Lipinski definition) is 2. The molecule has 0 bridgehead atoms. The molecule has 28 heavy (non-hydrogen) atoms. The van der Waals surface area contributed by atoms with Gasteiger partial charge >= 0.3 is 0 Å². The van der Waals surface area contributed by atoms with Crippen LogP contribution >= 0.6 is 0 Å². The minimum Gasteiger partial charge on any atom is -0.346 e. The van der Waals surface area contributed by atoms with Crippen LogP contribution in [0.15, 0.2) is 72.9 Å². The van der Waals surface area contributed by atoms with Crippen molar-refractivity contribution in [3.63, 3.8) is 0 Å². The minimum absolute atomic E-state index is 0.249. The van der Waals surface area contributed by atoms with E-state index >= 15 is 0 Å². The van der Waals surface area contributed by atoms with Crippen molar-refractivity contribution in [2.45, 2.75) is 26.3 Å². The van der Waals surface area contributed by atoms with Crippen LogP contribution < -0.4 is 10.6 Å². The number of benzene rings is 2. The Morgan fingerprint density at radius 3 is 2.25 bits per heavy atom. The van der Waals surface area contributed by atoms with Crippen LogP contribution in [0.3, 0.4) is 0 Å². The summed E-state index contributed by atoms with van der Waals surface area (Å²) in [5.41, 5.74) is 3.57. The zero-order valence-electron chi connectivity index (χ0n) is 16.0. The molecule has 0 radical (unpaired) electrons. The van der Waals surface area contributed by atoms with Gasteiger partial charge in [-0.15, -0.1) is 0 Å². The lowest BCUT2D eigenvalue weighted by atomic mass is 10.0. The molecule has 3 rings (SSSR count). The van der Waals surface area contributed by atoms with E-state index in [2.05, 4.69) is 29.5 Å². The molecule has 3 aromatic rings. The van der Waals surface area contributed by atoms with Gasteiger partial charge in [-0.05, 0) is 53.9 Å². The molecule has 0 saturated carbocycles. The van der Waals surface area contributed by atoms with Crippen molar-refractivity contribution >= 4 is 17.5 Å². The molecule has 0 spiro atoms. The molecular formula is C23H23N3O2. The summed E-state index contributed by atoms with van der Waals surface area (Å²) in [6, 6.07) is 20.0. The number of carbonyl (C=O) groups is 2. The highest BCUT2D eigenvalue weighted by atomic mass is 16.2. The van der Waals surface area contributed by atoms with Crippen molar-refractivity contribution in [3.8, 4) is 0 Å². The fourth-order valence-corrected chi connectivity index (χ4v) is 2.73. The van der Waals surface area contributed by atoms with E-state index in [9.17, 15) is 9.59 Å². The largest absolute Gasteiger partial charge is 0.346 e. The lowest BCUT2D eigenvalue weighted by molar-refractivity contribution is 0.0950. The molecule has 0 aliphatic rings. The van der Waals surface area contributed by atoms with Crippen molar-refractivity contribution in [1.82, 2.24) is 10.3 Å². The standard InChI is InChI=1S/C23H23N3O2/c1-16(2)17-9-11-20(12-10-17)26-23(28)19-7-5-6-18(14-19)22(27)25-15-21-8-3-4-13-24-21/h3-14,16H,15H2,1-2H3,(H,25,27)(H,26,28). The molecule has 5 nitrogen and oxygen atoms in total. The number of nitrogens with one attached hydrogen (secondary N) is 2. The van der Waals surface area contributed by atoms with Gasteiger partial charge < -0.3 is 10.6 Å². The molecule has 0 aliphatic carbocycles. The molecule has 1 heterocycles. The van der Waals surface area contributed by atoms with Crippen LogP contribution in [0.25, 0.3) is 0 Å². The Labute approximate surface area is 164 Å². The molecule has 0 saturated heterocycles. The summed E-state index contributed by atoms with van der Waals surface area (Å²) in [5, 5.41) is 5.68. The number of aromatic nitrogens is 1. The highest BCUT2D eigenvalue weighted by Gasteiger charge is 2.11. The predicted molar refractivity (Wildman–Crippen MR) is 110 cm³/mol. The van der Waals surface area contributed by atoms with Crippen LogP contribution in [0.5, 0.6) is 0 Å². The third-order valence-electron chi connectivity index (χ3n) is 4.38. The van der Waals surface area contributed by atoms with Crippen LogP contribution in [0.2, 0.25) is 0 Å². The van der Waals surface area contributed by atoms with Gasteiger partial charge in [0.15, 0.2) is 0 Å². The maximum Gasteiger partial charge on any atom is 0.255 e. The first-order chi connectivity index (χ1) is 13.5. The van der Waals surface area contributed by atoms with Gasteiger partial charge in [-0.3, -0.25) is 14.6 Å². The monoisotopic (exact) mass is 373 g/mol. The van der Waals surface area contributed by atoms with E-state index in [1.165, 1.54) is 5.56 Å². The van der Waals surface area contributed by atoms with Crippen molar-refractivity contribution in [1.29, 1.82) is 0 Å². The zero-order chi connectivity index (χ0) is 19.9. The Morgan fingerprint density at radius 2 is 1.61 bits per heavy atom. The minimum atomic E-state index is -0.253. The van der Waals surface area contributed by atoms with E-state index in [1.807, 2.05) is 42.5 Å². The third-order valence-corrected chi connectivity index (χ3v) is 4.38.